The quantitative estimate of drug-likeness (QED) is 0.917. The van der Waals surface area contributed by atoms with Crippen LogP contribution in [0.2, 0.25) is 0 Å². The van der Waals surface area contributed by atoms with Crippen molar-refractivity contribution in [1.82, 2.24) is 10.2 Å². The number of nitrogens with one attached hydrogen (secondary N) is 1. The summed E-state index contributed by atoms with van der Waals surface area (Å²) in [5.74, 6) is 0.737. The Morgan fingerprint density at radius 3 is 2.70 bits per heavy atom. The van der Waals surface area contributed by atoms with E-state index >= 15 is 0 Å². The zero-order chi connectivity index (χ0) is 13.8. The highest BCUT2D eigenvalue weighted by Crippen LogP contribution is 2.29. The van der Waals surface area contributed by atoms with Gasteiger partial charge < -0.3 is 10.1 Å². The van der Waals surface area contributed by atoms with E-state index in [-0.39, 0.29) is 12.1 Å². The average Bonchev–Trinajstić information content (AvgIpc) is 2.88. The number of carbonyl (C=O) groups is 1. The van der Waals surface area contributed by atoms with E-state index in [0.717, 1.165) is 32.0 Å². The maximum Gasteiger partial charge on any atom is 0.410 e. The number of amides is 1. The summed E-state index contributed by atoms with van der Waals surface area (Å²) in [4.78, 5) is 13.8. The standard InChI is InChI=1S/C16H22N2O2/c19-16-18(11-8-13-6-9-17-10-7-13)15(12-20-16)14-4-2-1-3-5-14/h1-5,13,15,17H,6-12H2. The monoisotopic (exact) mass is 274 g/mol. The first kappa shape index (κ1) is 13.4. The molecule has 20 heavy (non-hydrogen) atoms. The third-order valence-electron chi connectivity index (χ3n) is 4.40. The predicted octanol–water partition coefficient (Wildman–Crippen LogP) is 2.57. The molecule has 1 unspecified atom stereocenters. The molecule has 0 saturated carbocycles. The fourth-order valence-electron chi connectivity index (χ4n) is 3.14. The van der Waals surface area contributed by atoms with Gasteiger partial charge in [0.2, 0.25) is 0 Å². The lowest BCUT2D eigenvalue weighted by atomic mass is 9.94. The first-order chi connectivity index (χ1) is 9.84. The van der Waals surface area contributed by atoms with E-state index < -0.39 is 0 Å². The highest BCUT2D eigenvalue weighted by molar-refractivity contribution is 5.70. The number of rotatable bonds is 4. The molecule has 0 bridgehead atoms. The Labute approximate surface area is 120 Å². The molecule has 0 radical (unpaired) electrons. The van der Waals surface area contributed by atoms with Crippen molar-refractivity contribution in [2.75, 3.05) is 26.2 Å². The molecule has 1 amide bonds. The van der Waals surface area contributed by atoms with Crippen molar-refractivity contribution in [2.45, 2.75) is 25.3 Å². The maximum absolute atomic E-state index is 11.9. The number of ether oxygens (including phenoxy) is 1. The van der Waals surface area contributed by atoms with Crippen molar-refractivity contribution in [1.29, 1.82) is 0 Å². The molecule has 2 heterocycles. The molecule has 1 aromatic rings. The SMILES string of the molecule is O=C1OCC(c2ccccc2)N1CCC1CCNCC1. The Morgan fingerprint density at radius 1 is 1.20 bits per heavy atom. The van der Waals surface area contributed by atoms with Crippen molar-refractivity contribution in [2.24, 2.45) is 5.92 Å². The van der Waals surface area contributed by atoms with E-state index in [1.165, 1.54) is 18.4 Å². The van der Waals surface area contributed by atoms with Gasteiger partial charge in [-0.15, -0.1) is 0 Å². The van der Waals surface area contributed by atoms with E-state index in [0.29, 0.717) is 6.61 Å². The smallest absolute Gasteiger partial charge is 0.410 e. The van der Waals surface area contributed by atoms with Gasteiger partial charge in [-0.05, 0) is 43.8 Å². The van der Waals surface area contributed by atoms with Gasteiger partial charge in [-0.2, -0.15) is 0 Å². The fourth-order valence-corrected chi connectivity index (χ4v) is 3.14. The second kappa shape index (κ2) is 6.27. The van der Waals surface area contributed by atoms with E-state index in [2.05, 4.69) is 17.4 Å². The molecule has 4 nitrogen and oxygen atoms in total. The highest BCUT2D eigenvalue weighted by atomic mass is 16.6. The second-order valence-corrected chi connectivity index (χ2v) is 5.68. The Morgan fingerprint density at radius 2 is 1.95 bits per heavy atom. The van der Waals surface area contributed by atoms with Crippen LogP contribution in [0.5, 0.6) is 0 Å². The number of hydrogen-bond acceptors (Lipinski definition) is 3. The zero-order valence-corrected chi connectivity index (χ0v) is 11.8. The number of benzene rings is 1. The van der Waals surface area contributed by atoms with Crippen molar-refractivity contribution in [3.8, 4) is 0 Å². The van der Waals surface area contributed by atoms with Gasteiger partial charge in [0.05, 0.1) is 6.04 Å². The van der Waals surface area contributed by atoms with E-state index in [1.807, 2.05) is 23.1 Å². The van der Waals surface area contributed by atoms with Gasteiger partial charge in [0.1, 0.15) is 6.61 Å². The lowest BCUT2D eigenvalue weighted by molar-refractivity contribution is 0.154. The first-order valence-electron chi connectivity index (χ1n) is 7.53. The molecule has 1 N–H and O–H groups in total. The van der Waals surface area contributed by atoms with E-state index in [1.54, 1.807) is 0 Å². The van der Waals surface area contributed by atoms with Gasteiger partial charge in [0.15, 0.2) is 0 Å². The molecule has 2 fully saturated rings. The van der Waals surface area contributed by atoms with Crippen LogP contribution in [0.1, 0.15) is 30.9 Å². The molecule has 2 aliphatic heterocycles. The molecule has 4 heteroatoms. The number of carbonyl (C=O) groups excluding carboxylic acids is 1. The third kappa shape index (κ3) is 2.96. The second-order valence-electron chi connectivity index (χ2n) is 5.68. The maximum atomic E-state index is 11.9. The largest absolute Gasteiger partial charge is 0.447 e. The molecule has 0 aliphatic carbocycles. The number of cyclic esters (lactones) is 1. The minimum atomic E-state index is -0.159. The van der Waals surface area contributed by atoms with Gasteiger partial charge in [0, 0.05) is 6.54 Å². The summed E-state index contributed by atoms with van der Waals surface area (Å²) in [5.41, 5.74) is 1.17. The molecule has 0 aromatic heterocycles. The molecule has 108 valence electrons. The fraction of sp³-hybridized carbons (Fsp3) is 0.562. The Balaban J connectivity index is 1.62. The van der Waals surface area contributed by atoms with Gasteiger partial charge in [0.25, 0.3) is 0 Å². The van der Waals surface area contributed by atoms with Crippen LogP contribution in [-0.2, 0) is 4.74 Å². The van der Waals surface area contributed by atoms with Gasteiger partial charge >= 0.3 is 6.09 Å². The summed E-state index contributed by atoms with van der Waals surface area (Å²) in [5, 5.41) is 3.38. The Kier molecular flexibility index (Phi) is 4.21. The molecule has 2 saturated heterocycles. The summed E-state index contributed by atoms with van der Waals surface area (Å²) < 4.78 is 5.25. The number of piperidine rings is 1. The average molecular weight is 274 g/mol. The van der Waals surface area contributed by atoms with Crippen LogP contribution in [0.15, 0.2) is 30.3 Å². The molecule has 2 aliphatic rings. The lowest BCUT2D eigenvalue weighted by Gasteiger charge is -2.27. The summed E-state index contributed by atoms with van der Waals surface area (Å²) in [6, 6.07) is 10.3. The number of hydrogen-bond donors (Lipinski definition) is 1. The normalized spacial score (nSPS) is 23.9. The lowest BCUT2D eigenvalue weighted by Crippen LogP contribution is -2.33. The van der Waals surface area contributed by atoms with Gasteiger partial charge in [-0.3, -0.25) is 4.90 Å². The van der Waals surface area contributed by atoms with Crippen molar-refractivity contribution in [3.05, 3.63) is 35.9 Å². The minimum absolute atomic E-state index is 0.0883. The Hall–Kier alpha value is -1.55. The van der Waals surface area contributed by atoms with Crippen molar-refractivity contribution >= 4 is 6.09 Å². The molecule has 0 spiro atoms. The van der Waals surface area contributed by atoms with Gasteiger partial charge in [-0.25, -0.2) is 4.79 Å². The van der Waals surface area contributed by atoms with Crippen LogP contribution in [0.25, 0.3) is 0 Å². The van der Waals surface area contributed by atoms with Crippen molar-refractivity contribution in [3.63, 3.8) is 0 Å². The van der Waals surface area contributed by atoms with Crippen LogP contribution in [0.4, 0.5) is 4.79 Å². The van der Waals surface area contributed by atoms with Crippen LogP contribution in [0, 0.1) is 5.92 Å². The van der Waals surface area contributed by atoms with E-state index in [4.69, 9.17) is 4.74 Å². The van der Waals surface area contributed by atoms with Crippen LogP contribution in [-0.4, -0.2) is 37.2 Å². The van der Waals surface area contributed by atoms with Crippen LogP contribution >= 0.6 is 0 Å². The molecular weight excluding hydrogens is 252 g/mol. The summed E-state index contributed by atoms with van der Waals surface area (Å²) in [6.45, 7) is 3.51. The molecule has 3 rings (SSSR count). The topological polar surface area (TPSA) is 41.6 Å². The van der Waals surface area contributed by atoms with Gasteiger partial charge in [-0.1, -0.05) is 30.3 Å². The highest BCUT2D eigenvalue weighted by Gasteiger charge is 2.34. The summed E-state index contributed by atoms with van der Waals surface area (Å²) in [6.07, 6.45) is 3.37. The number of nitrogens with zero attached hydrogens (tertiary/aromatic N) is 1. The zero-order valence-electron chi connectivity index (χ0n) is 11.8. The third-order valence-corrected chi connectivity index (χ3v) is 4.40. The van der Waals surface area contributed by atoms with E-state index in [9.17, 15) is 4.79 Å². The molecule has 1 aromatic carbocycles. The summed E-state index contributed by atoms with van der Waals surface area (Å²) in [7, 11) is 0. The van der Waals surface area contributed by atoms with Crippen LogP contribution < -0.4 is 5.32 Å². The van der Waals surface area contributed by atoms with Crippen molar-refractivity contribution < 1.29 is 9.53 Å². The molecule has 1 atom stereocenters. The first-order valence-corrected chi connectivity index (χ1v) is 7.53. The van der Waals surface area contributed by atoms with Crippen LogP contribution in [0.3, 0.4) is 0 Å². The Bertz CT molecular complexity index is 443. The summed E-state index contributed by atoms with van der Waals surface area (Å²) >= 11 is 0. The predicted molar refractivity (Wildman–Crippen MR) is 77.4 cm³/mol. The minimum Gasteiger partial charge on any atom is -0.447 e. The molecular formula is C16H22N2O2.